The molecular weight excluding hydrogens is 497 g/mol. The van der Waals surface area contributed by atoms with Crippen LogP contribution in [0.4, 0.5) is 41.2 Å². The van der Waals surface area contributed by atoms with Gasteiger partial charge in [-0.05, 0) is 48.5 Å². The Hall–Kier alpha value is -3.48. The second-order valence-electron chi connectivity index (χ2n) is 7.21. The molecule has 2 aromatic carbocycles. The topological polar surface area (TPSA) is 74.1 Å². The van der Waals surface area contributed by atoms with Crippen molar-refractivity contribution in [3.63, 3.8) is 0 Å². The highest BCUT2D eigenvalue weighted by Gasteiger charge is 2.79. The highest BCUT2D eigenvalue weighted by Crippen LogP contribution is 2.53. The number of imide groups is 1. The summed E-state index contributed by atoms with van der Waals surface area (Å²) in [5, 5.41) is 1.68. The molecule has 0 spiro atoms. The molecule has 2 aromatic rings. The molecule has 34 heavy (non-hydrogen) atoms. The molecule has 1 fully saturated rings. The SMILES string of the molecule is O=C1NC(=O)N(c2ccc(Cl)cc2)C2=NC(c3ccc(F)cc3)=NC(C(F)(F)F)(C(F)(F)F)C12. The molecule has 1 N–H and O–H groups in total. The third kappa shape index (κ3) is 3.59. The maximum atomic E-state index is 14.2. The first-order valence-corrected chi connectivity index (χ1v) is 9.62. The average Bonchev–Trinajstić information content (AvgIpc) is 2.73. The van der Waals surface area contributed by atoms with Gasteiger partial charge in [0, 0.05) is 10.6 Å². The Kier molecular flexibility index (Phi) is 5.42. The molecule has 178 valence electrons. The van der Waals surface area contributed by atoms with Crippen molar-refractivity contribution in [3.8, 4) is 0 Å². The molecule has 3 amide bonds. The van der Waals surface area contributed by atoms with Crippen molar-refractivity contribution in [2.24, 2.45) is 15.9 Å². The number of benzene rings is 2. The van der Waals surface area contributed by atoms with E-state index in [-0.39, 0.29) is 10.7 Å². The number of aliphatic imine (C=N–C) groups is 2. The van der Waals surface area contributed by atoms with E-state index in [1.165, 1.54) is 17.4 Å². The predicted octanol–water partition coefficient (Wildman–Crippen LogP) is 4.87. The zero-order valence-corrected chi connectivity index (χ0v) is 17.1. The van der Waals surface area contributed by atoms with Gasteiger partial charge in [-0.3, -0.25) is 10.1 Å². The highest BCUT2D eigenvalue weighted by molar-refractivity contribution is 6.33. The maximum absolute atomic E-state index is 14.2. The van der Waals surface area contributed by atoms with Gasteiger partial charge in [0.2, 0.25) is 5.91 Å². The van der Waals surface area contributed by atoms with Gasteiger partial charge in [-0.15, -0.1) is 0 Å². The van der Waals surface area contributed by atoms with Gasteiger partial charge < -0.3 is 0 Å². The molecule has 6 nitrogen and oxygen atoms in total. The summed E-state index contributed by atoms with van der Waals surface area (Å²) in [7, 11) is 0. The summed E-state index contributed by atoms with van der Waals surface area (Å²) in [5.74, 6) is -8.04. The largest absolute Gasteiger partial charge is 0.423 e. The number of hydrogen-bond donors (Lipinski definition) is 1. The summed E-state index contributed by atoms with van der Waals surface area (Å²) < 4.78 is 98.7. The Balaban J connectivity index is 2.05. The number of alkyl halides is 6. The van der Waals surface area contributed by atoms with Crippen LogP contribution in [0.25, 0.3) is 0 Å². The van der Waals surface area contributed by atoms with E-state index in [9.17, 15) is 40.3 Å². The number of hydrogen-bond acceptors (Lipinski definition) is 4. The molecule has 1 saturated heterocycles. The van der Waals surface area contributed by atoms with E-state index < -0.39 is 58.8 Å². The van der Waals surface area contributed by atoms with E-state index in [0.29, 0.717) is 4.90 Å². The number of amides is 3. The van der Waals surface area contributed by atoms with Gasteiger partial charge >= 0.3 is 18.4 Å². The maximum Gasteiger partial charge on any atom is 0.423 e. The van der Waals surface area contributed by atoms with E-state index >= 15 is 0 Å². The molecule has 1 unspecified atom stereocenters. The molecule has 0 saturated carbocycles. The zero-order valence-electron chi connectivity index (χ0n) is 16.4. The van der Waals surface area contributed by atoms with Crippen molar-refractivity contribution in [2.75, 3.05) is 4.90 Å². The Bertz CT molecular complexity index is 1210. The Morgan fingerprint density at radius 1 is 0.912 bits per heavy atom. The van der Waals surface area contributed by atoms with E-state index in [1.807, 2.05) is 0 Å². The second kappa shape index (κ2) is 7.79. The van der Waals surface area contributed by atoms with E-state index in [0.717, 1.165) is 36.4 Å². The minimum absolute atomic E-state index is 0.160. The lowest BCUT2D eigenvalue weighted by molar-refractivity contribution is -0.302. The minimum Gasteiger partial charge on any atom is -0.277 e. The smallest absolute Gasteiger partial charge is 0.277 e. The molecule has 1 atom stereocenters. The molecule has 2 heterocycles. The number of halogens is 8. The van der Waals surface area contributed by atoms with Crippen molar-refractivity contribution in [2.45, 2.75) is 17.9 Å². The Morgan fingerprint density at radius 2 is 1.47 bits per heavy atom. The number of amidine groups is 2. The summed E-state index contributed by atoms with van der Waals surface area (Å²) in [6, 6.07) is 6.71. The number of anilines is 1. The molecule has 0 bridgehead atoms. The molecular formula is C20H10ClF7N4O2. The molecule has 4 rings (SSSR count). The number of carbonyl (C=O) groups excluding carboxylic acids is 2. The summed E-state index contributed by atoms with van der Waals surface area (Å²) in [4.78, 5) is 32.1. The second-order valence-corrected chi connectivity index (χ2v) is 7.65. The van der Waals surface area contributed by atoms with Crippen molar-refractivity contribution < 1.29 is 40.3 Å². The van der Waals surface area contributed by atoms with Crippen LogP contribution in [0.15, 0.2) is 58.5 Å². The quantitative estimate of drug-likeness (QED) is 0.590. The summed E-state index contributed by atoms with van der Waals surface area (Å²) in [6.45, 7) is 0. The minimum atomic E-state index is -6.15. The van der Waals surface area contributed by atoms with Gasteiger partial charge in [-0.2, -0.15) is 26.3 Å². The number of fused-ring (bicyclic) bond motifs is 1. The van der Waals surface area contributed by atoms with Gasteiger partial charge in [-0.25, -0.2) is 24.1 Å². The third-order valence-electron chi connectivity index (χ3n) is 5.15. The van der Waals surface area contributed by atoms with Crippen LogP contribution in [0.3, 0.4) is 0 Å². The lowest BCUT2D eigenvalue weighted by Gasteiger charge is -2.45. The van der Waals surface area contributed by atoms with Crippen LogP contribution >= 0.6 is 11.6 Å². The Labute approximate surface area is 190 Å². The van der Waals surface area contributed by atoms with Crippen molar-refractivity contribution in [1.82, 2.24) is 5.32 Å². The van der Waals surface area contributed by atoms with Gasteiger partial charge in [0.25, 0.3) is 5.54 Å². The number of urea groups is 1. The third-order valence-corrected chi connectivity index (χ3v) is 5.41. The summed E-state index contributed by atoms with van der Waals surface area (Å²) in [6.07, 6.45) is -12.3. The normalized spacial score (nSPS) is 20.4. The first-order valence-electron chi connectivity index (χ1n) is 9.24. The number of nitrogens with one attached hydrogen (secondary N) is 1. The monoisotopic (exact) mass is 506 g/mol. The van der Waals surface area contributed by atoms with Crippen molar-refractivity contribution in [3.05, 3.63) is 64.9 Å². The van der Waals surface area contributed by atoms with Crippen LogP contribution in [0.1, 0.15) is 5.56 Å². The molecule has 2 aliphatic rings. The van der Waals surface area contributed by atoms with Crippen molar-refractivity contribution >= 4 is 40.9 Å². The van der Waals surface area contributed by atoms with Crippen LogP contribution in [-0.2, 0) is 4.79 Å². The van der Waals surface area contributed by atoms with E-state index in [4.69, 9.17) is 11.6 Å². The Morgan fingerprint density at radius 3 is 2.00 bits per heavy atom. The van der Waals surface area contributed by atoms with Crippen LogP contribution in [-0.4, -0.2) is 41.5 Å². The van der Waals surface area contributed by atoms with Gasteiger partial charge in [-0.1, -0.05) is 11.6 Å². The molecule has 2 aliphatic heterocycles. The van der Waals surface area contributed by atoms with Crippen LogP contribution in [0, 0.1) is 11.7 Å². The highest BCUT2D eigenvalue weighted by atomic mass is 35.5. The number of carbonyl (C=O) groups is 2. The lowest BCUT2D eigenvalue weighted by Crippen LogP contribution is -2.73. The number of nitrogens with zero attached hydrogens (tertiary/aromatic N) is 3. The first-order chi connectivity index (χ1) is 15.8. The van der Waals surface area contributed by atoms with Crippen LogP contribution in [0.5, 0.6) is 0 Å². The average molecular weight is 507 g/mol. The van der Waals surface area contributed by atoms with Crippen LogP contribution < -0.4 is 10.2 Å². The van der Waals surface area contributed by atoms with Gasteiger partial charge in [0.1, 0.15) is 17.6 Å². The molecule has 0 aliphatic carbocycles. The van der Waals surface area contributed by atoms with Crippen molar-refractivity contribution in [1.29, 1.82) is 0 Å². The lowest BCUT2D eigenvalue weighted by atomic mass is 9.78. The summed E-state index contributed by atoms with van der Waals surface area (Å²) >= 11 is 5.78. The number of rotatable bonds is 2. The fraction of sp³-hybridized carbons (Fsp3) is 0.200. The molecule has 14 heteroatoms. The first kappa shape index (κ1) is 23.7. The predicted molar refractivity (Wildman–Crippen MR) is 106 cm³/mol. The van der Waals surface area contributed by atoms with Gasteiger partial charge in [0.15, 0.2) is 5.84 Å². The zero-order chi connectivity index (χ0) is 25.1. The standard InChI is InChI=1S/C20H10ClF7N4O2/c21-10-3-7-12(8-4-10)32-15-13(16(33)30-17(32)34)18(19(23,24)25,20(26,27)28)31-14(29-15)9-1-5-11(22)6-2-9/h1-8,13H,(H,30,33,34). The molecule has 0 aromatic heterocycles. The molecule has 0 radical (unpaired) electrons. The fourth-order valence-corrected chi connectivity index (χ4v) is 3.75. The van der Waals surface area contributed by atoms with E-state index in [2.05, 4.69) is 9.98 Å². The summed E-state index contributed by atoms with van der Waals surface area (Å²) in [5.41, 5.74) is -5.60. The van der Waals surface area contributed by atoms with Gasteiger partial charge in [0.05, 0.1) is 5.69 Å². The van der Waals surface area contributed by atoms with Crippen LogP contribution in [0.2, 0.25) is 5.02 Å². The fourth-order valence-electron chi connectivity index (χ4n) is 3.62. The van der Waals surface area contributed by atoms with E-state index in [1.54, 1.807) is 0 Å².